The molecule has 1 aliphatic rings. The van der Waals surface area contributed by atoms with Crippen LogP contribution < -0.4 is 5.32 Å². The van der Waals surface area contributed by atoms with Crippen LogP contribution in [0.2, 0.25) is 5.02 Å². The van der Waals surface area contributed by atoms with Gasteiger partial charge in [0, 0.05) is 11.6 Å². The van der Waals surface area contributed by atoms with E-state index in [9.17, 15) is 0 Å². The first-order valence-corrected chi connectivity index (χ1v) is 8.72. The molecule has 1 N–H and O–H groups in total. The Morgan fingerprint density at radius 1 is 0.958 bits per heavy atom. The maximum atomic E-state index is 6.51. The molecule has 1 aliphatic heterocycles. The quantitative estimate of drug-likeness (QED) is 0.731. The third-order valence-electron chi connectivity index (χ3n) is 4.83. The number of hydrogen-bond donors (Lipinski definition) is 1. The second kappa shape index (κ2) is 6.56. The molecule has 1 atom stereocenters. The lowest BCUT2D eigenvalue weighted by molar-refractivity contribution is -0.0459. The van der Waals surface area contributed by atoms with Gasteiger partial charge in [-0.3, -0.25) is 0 Å². The van der Waals surface area contributed by atoms with Crippen molar-refractivity contribution in [1.82, 2.24) is 5.32 Å². The first-order chi connectivity index (χ1) is 11.8. The summed E-state index contributed by atoms with van der Waals surface area (Å²) >= 11 is 5.98. The van der Waals surface area contributed by atoms with Gasteiger partial charge in [0.25, 0.3) is 0 Å². The highest BCUT2D eigenvalue weighted by atomic mass is 35.5. The Morgan fingerprint density at radius 2 is 1.75 bits per heavy atom. The molecular weight excluding hydrogens is 318 g/mol. The molecule has 0 aromatic heterocycles. The van der Waals surface area contributed by atoms with E-state index < -0.39 is 0 Å². The van der Waals surface area contributed by atoms with Gasteiger partial charge >= 0.3 is 0 Å². The minimum absolute atomic E-state index is 0.277. The minimum atomic E-state index is -0.277. The first-order valence-electron chi connectivity index (χ1n) is 8.34. The number of rotatable bonds is 4. The van der Waals surface area contributed by atoms with Crippen molar-refractivity contribution in [2.24, 2.45) is 0 Å². The Morgan fingerprint density at radius 3 is 2.54 bits per heavy atom. The van der Waals surface area contributed by atoms with Gasteiger partial charge in [0.15, 0.2) is 0 Å². The summed E-state index contributed by atoms with van der Waals surface area (Å²) in [7, 11) is 0. The minimum Gasteiger partial charge on any atom is -0.364 e. The lowest BCUT2D eigenvalue weighted by Gasteiger charge is -2.30. The van der Waals surface area contributed by atoms with Crippen LogP contribution in [0.15, 0.2) is 66.7 Å². The molecule has 4 rings (SSSR count). The zero-order valence-electron chi connectivity index (χ0n) is 13.5. The van der Waals surface area contributed by atoms with Gasteiger partial charge in [0.05, 0.1) is 6.61 Å². The molecule has 3 aromatic rings. The Bertz CT molecular complexity index is 833. The summed E-state index contributed by atoms with van der Waals surface area (Å²) in [4.78, 5) is 0. The van der Waals surface area contributed by atoms with Crippen LogP contribution in [0.1, 0.15) is 17.5 Å². The Labute approximate surface area is 147 Å². The highest BCUT2D eigenvalue weighted by Crippen LogP contribution is 2.37. The van der Waals surface area contributed by atoms with Crippen molar-refractivity contribution in [2.45, 2.75) is 18.6 Å². The van der Waals surface area contributed by atoms with E-state index in [2.05, 4.69) is 47.8 Å². The van der Waals surface area contributed by atoms with E-state index in [-0.39, 0.29) is 5.60 Å². The molecule has 1 saturated heterocycles. The summed E-state index contributed by atoms with van der Waals surface area (Å²) < 4.78 is 6.51. The van der Waals surface area contributed by atoms with Crippen LogP contribution in [-0.4, -0.2) is 13.1 Å². The highest BCUT2D eigenvalue weighted by molar-refractivity contribution is 6.30. The van der Waals surface area contributed by atoms with Crippen LogP contribution in [0, 0.1) is 0 Å². The Kier molecular flexibility index (Phi) is 4.28. The largest absolute Gasteiger partial charge is 0.364 e. The van der Waals surface area contributed by atoms with E-state index >= 15 is 0 Å². The van der Waals surface area contributed by atoms with Crippen molar-refractivity contribution >= 4 is 22.4 Å². The van der Waals surface area contributed by atoms with Crippen LogP contribution in [-0.2, 0) is 16.9 Å². The van der Waals surface area contributed by atoms with Gasteiger partial charge in [0.2, 0.25) is 0 Å². The predicted molar refractivity (Wildman–Crippen MR) is 99.4 cm³/mol. The molecule has 0 saturated carbocycles. The van der Waals surface area contributed by atoms with Gasteiger partial charge in [-0.2, -0.15) is 0 Å². The fourth-order valence-electron chi connectivity index (χ4n) is 3.52. The van der Waals surface area contributed by atoms with Crippen LogP contribution in [0.25, 0.3) is 10.8 Å². The summed E-state index contributed by atoms with van der Waals surface area (Å²) in [5, 5.41) is 6.77. The van der Waals surface area contributed by atoms with Gasteiger partial charge in [-0.1, -0.05) is 66.2 Å². The first kappa shape index (κ1) is 15.6. The van der Waals surface area contributed by atoms with Crippen LogP contribution >= 0.6 is 11.6 Å². The van der Waals surface area contributed by atoms with Crippen LogP contribution in [0.5, 0.6) is 0 Å². The van der Waals surface area contributed by atoms with Crippen LogP contribution in [0.3, 0.4) is 0 Å². The molecule has 122 valence electrons. The topological polar surface area (TPSA) is 21.3 Å². The molecule has 0 radical (unpaired) electrons. The van der Waals surface area contributed by atoms with Crippen molar-refractivity contribution in [3.63, 3.8) is 0 Å². The zero-order chi connectivity index (χ0) is 16.4. The molecule has 0 spiro atoms. The average molecular weight is 338 g/mol. The van der Waals surface area contributed by atoms with Crippen molar-refractivity contribution in [3.05, 3.63) is 82.9 Å². The van der Waals surface area contributed by atoms with Gasteiger partial charge in [-0.15, -0.1) is 0 Å². The molecule has 3 aromatic carbocycles. The second-order valence-corrected chi connectivity index (χ2v) is 6.80. The lowest BCUT2D eigenvalue weighted by atomic mass is 9.88. The maximum absolute atomic E-state index is 6.51. The molecule has 1 heterocycles. The molecule has 2 nitrogen and oxygen atoms in total. The zero-order valence-corrected chi connectivity index (χ0v) is 14.2. The van der Waals surface area contributed by atoms with E-state index in [1.807, 2.05) is 24.3 Å². The van der Waals surface area contributed by atoms with Gasteiger partial charge < -0.3 is 10.1 Å². The smallest absolute Gasteiger partial charge is 0.108 e. The summed E-state index contributed by atoms with van der Waals surface area (Å²) in [6.07, 6.45) is 0.981. The molecule has 1 fully saturated rings. The Hall–Kier alpha value is -1.87. The fraction of sp³-hybridized carbons (Fsp3) is 0.238. The number of halogens is 1. The summed E-state index contributed by atoms with van der Waals surface area (Å²) in [5.41, 5.74) is 2.14. The summed E-state index contributed by atoms with van der Waals surface area (Å²) in [6, 6.07) is 22.9. The fourth-order valence-corrected chi connectivity index (χ4v) is 3.65. The van der Waals surface area contributed by atoms with E-state index in [1.54, 1.807) is 0 Å². The lowest BCUT2D eigenvalue weighted by Crippen LogP contribution is -2.32. The average Bonchev–Trinajstić information content (AvgIpc) is 3.11. The molecular formula is C21H20ClNO. The van der Waals surface area contributed by atoms with Gasteiger partial charge in [-0.05, 0) is 47.0 Å². The van der Waals surface area contributed by atoms with Crippen molar-refractivity contribution in [2.75, 3.05) is 13.1 Å². The second-order valence-electron chi connectivity index (χ2n) is 6.36. The molecule has 0 bridgehead atoms. The number of benzene rings is 3. The maximum Gasteiger partial charge on any atom is 0.108 e. The number of hydrogen-bond acceptors (Lipinski definition) is 2. The van der Waals surface area contributed by atoms with E-state index in [0.29, 0.717) is 6.61 Å². The van der Waals surface area contributed by atoms with Crippen molar-refractivity contribution in [3.8, 4) is 0 Å². The SMILES string of the molecule is Clc1ccc(COC2(c3cccc4ccccc34)CCNC2)cc1. The third-order valence-corrected chi connectivity index (χ3v) is 5.08. The highest BCUT2D eigenvalue weighted by Gasteiger charge is 2.37. The normalized spacial score (nSPS) is 20.5. The Balaban J connectivity index is 1.69. The third kappa shape index (κ3) is 2.93. The molecule has 0 aliphatic carbocycles. The number of nitrogens with one attached hydrogen (secondary N) is 1. The number of fused-ring (bicyclic) bond motifs is 1. The molecule has 0 amide bonds. The molecule has 1 unspecified atom stereocenters. The predicted octanol–water partition coefficient (Wildman–Crippen LogP) is 4.90. The standard InChI is InChI=1S/C21H20ClNO/c22-18-10-8-16(9-11-18)14-24-21(12-13-23-15-21)20-7-3-5-17-4-1-2-6-19(17)20/h1-11,23H,12-15H2. The molecule has 24 heavy (non-hydrogen) atoms. The summed E-state index contributed by atoms with van der Waals surface area (Å²) in [5.74, 6) is 0. The number of ether oxygens (including phenoxy) is 1. The van der Waals surface area contributed by atoms with Gasteiger partial charge in [-0.25, -0.2) is 0 Å². The van der Waals surface area contributed by atoms with Gasteiger partial charge in [0.1, 0.15) is 5.60 Å². The van der Waals surface area contributed by atoms with E-state index in [0.717, 1.165) is 30.1 Å². The van der Waals surface area contributed by atoms with E-state index in [1.165, 1.54) is 16.3 Å². The van der Waals surface area contributed by atoms with Crippen molar-refractivity contribution in [1.29, 1.82) is 0 Å². The molecule has 3 heteroatoms. The van der Waals surface area contributed by atoms with Crippen molar-refractivity contribution < 1.29 is 4.74 Å². The summed E-state index contributed by atoms with van der Waals surface area (Å²) in [6.45, 7) is 2.40. The monoisotopic (exact) mass is 337 g/mol. The van der Waals surface area contributed by atoms with Crippen LogP contribution in [0.4, 0.5) is 0 Å². The van der Waals surface area contributed by atoms with E-state index in [4.69, 9.17) is 16.3 Å².